The Balaban J connectivity index is 1.77. The van der Waals surface area contributed by atoms with Gasteiger partial charge in [-0.2, -0.15) is 0 Å². The van der Waals surface area contributed by atoms with E-state index < -0.39 is 42.5 Å². The van der Waals surface area contributed by atoms with E-state index in [1.54, 1.807) is 67.8 Å². The van der Waals surface area contributed by atoms with Gasteiger partial charge in [-0.05, 0) is 42.9 Å². The van der Waals surface area contributed by atoms with Gasteiger partial charge < -0.3 is 24.1 Å². The maximum Gasteiger partial charge on any atom is 0.338 e. The summed E-state index contributed by atoms with van der Waals surface area (Å²) < 4.78 is 25.1. The van der Waals surface area contributed by atoms with Crippen molar-refractivity contribution in [3.63, 3.8) is 0 Å². The fourth-order valence-electron chi connectivity index (χ4n) is 4.18. The average Bonchev–Trinajstić information content (AvgIpc) is 3.41. The summed E-state index contributed by atoms with van der Waals surface area (Å²) in [7, 11) is 1.43. The van der Waals surface area contributed by atoms with Gasteiger partial charge in [0.05, 0.1) is 23.1 Å². The highest BCUT2D eigenvalue weighted by Gasteiger charge is 2.50. The first-order chi connectivity index (χ1) is 16.9. The van der Waals surface area contributed by atoms with Gasteiger partial charge in [0.25, 0.3) is 5.17 Å². The van der Waals surface area contributed by atoms with Crippen LogP contribution in [0.1, 0.15) is 39.1 Å². The molecule has 0 saturated carbocycles. The van der Waals surface area contributed by atoms with Gasteiger partial charge in [-0.3, -0.25) is 4.57 Å². The van der Waals surface area contributed by atoms with E-state index in [2.05, 4.69) is 4.98 Å². The molecule has 1 unspecified atom stereocenters. The maximum absolute atomic E-state index is 13.0. The lowest BCUT2D eigenvalue weighted by atomic mass is 9.81. The summed E-state index contributed by atoms with van der Waals surface area (Å²) in [6.07, 6.45) is 1.08. The number of thiocarbonyl (C=S) groups is 1. The van der Waals surface area contributed by atoms with Crippen LogP contribution in [0.25, 0.3) is 0 Å². The van der Waals surface area contributed by atoms with Crippen LogP contribution in [0.2, 0.25) is 0 Å². The standard InChI is InChI=1S/C25H24N2O7S/c1-15-19(17-10-6-7-11-18(17)22(28)29)20(34-25(35)27-13-12-26-14-27)21(24(31-2)32-15)33-23(30)16-8-4-3-5-9-16/h3-15,19-21,24H,1-2H3,(H,28,29)/t15-,19-,20+,21-,24?/m0/s1. The van der Waals surface area contributed by atoms with Crippen LogP contribution >= 0.6 is 12.2 Å². The number of hydrogen-bond donors (Lipinski definition) is 1. The van der Waals surface area contributed by atoms with Crippen molar-refractivity contribution in [1.29, 1.82) is 0 Å². The second-order valence-electron chi connectivity index (χ2n) is 7.92. The van der Waals surface area contributed by atoms with E-state index in [0.717, 1.165) is 0 Å². The van der Waals surface area contributed by atoms with Crippen molar-refractivity contribution in [2.75, 3.05) is 7.11 Å². The van der Waals surface area contributed by atoms with E-state index in [1.807, 2.05) is 0 Å². The van der Waals surface area contributed by atoms with Gasteiger partial charge in [-0.15, -0.1) is 0 Å². The molecule has 9 nitrogen and oxygen atoms in total. The van der Waals surface area contributed by atoms with Crippen molar-refractivity contribution in [2.45, 2.75) is 37.4 Å². The summed E-state index contributed by atoms with van der Waals surface area (Å²) in [5, 5.41) is 9.88. The third-order valence-electron chi connectivity index (χ3n) is 5.79. The first-order valence-electron chi connectivity index (χ1n) is 10.9. The molecule has 0 amide bonds. The molecule has 1 N–H and O–H groups in total. The zero-order chi connectivity index (χ0) is 24.9. The minimum atomic E-state index is -1.10. The van der Waals surface area contributed by atoms with Gasteiger partial charge in [-0.25, -0.2) is 14.6 Å². The first kappa shape index (κ1) is 24.5. The van der Waals surface area contributed by atoms with E-state index in [9.17, 15) is 14.7 Å². The molecule has 2 heterocycles. The normalized spacial score (nSPS) is 23.9. The predicted octanol–water partition coefficient (Wildman–Crippen LogP) is 3.50. The number of imidazole rings is 1. The van der Waals surface area contributed by atoms with Crippen molar-refractivity contribution in [3.05, 3.63) is 90.0 Å². The number of benzene rings is 2. The van der Waals surface area contributed by atoms with Gasteiger partial charge in [0.1, 0.15) is 6.33 Å². The minimum Gasteiger partial charge on any atom is -0.478 e. The van der Waals surface area contributed by atoms with Crippen molar-refractivity contribution in [1.82, 2.24) is 9.55 Å². The van der Waals surface area contributed by atoms with E-state index in [-0.39, 0.29) is 10.7 Å². The van der Waals surface area contributed by atoms with Gasteiger partial charge in [0, 0.05) is 19.5 Å². The lowest BCUT2D eigenvalue weighted by Gasteiger charge is -2.44. The molecule has 35 heavy (non-hydrogen) atoms. The number of rotatable bonds is 6. The molecule has 1 aliphatic rings. The lowest BCUT2D eigenvalue weighted by Crippen LogP contribution is -2.56. The molecular weight excluding hydrogens is 472 g/mol. The number of hydrogen-bond acceptors (Lipinski definition) is 8. The molecule has 5 atom stereocenters. The number of aromatic carboxylic acids is 1. The van der Waals surface area contributed by atoms with Crippen LogP contribution < -0.4 is 0 Å². The number of carbonyl (C=O) groups is 2. The Kier molecular flexibility index (Phi) is 7.54. The van der Waals surface area contributed by atoms with Gasteiger partial charge in [0.2, 0.25) is 0 Å². The summed E-state index contributed by atoms with van der Waals surface area (Å²) in [6, 6.07) is 15.0. The van der Waals surface area contributed by atoms with Gasteiger partial charge in [0.15, 0.2) is 18.5 Å². The SMILES string of the molecule is COC1O[C@@H](C)[C@@H](c2ccccc2C(=O)O)[C@@H](OC(=S)n2ccnc2)[C@@H]1OC(=O)c1ccccc1. The molecule has 0 aliphatic carbocycles. The first-order valence-corrected chi connectivity index (χ1v) is 11.3. The third kappa shape index (κ3) is 5.24. The fraction of sp³-hybridized carbons (Fsp3) is 0.280. The molecule has 4 rings (SSSR count). The zero-order valence-electron chi connectivity index (χ0n) is 19.0. The Morgan fingerprint density at radius 3 is 2.43 bits per heavy atom. The Labute approximate surface area is 207 Å². The van der Waals surface area contributed by atoms with Crippen LogP contribution in [-0.4, -0.2) is 63.5 Å². The third-order valence-corrected chi connectivity index (χ3v) is 6.09. The van der Waals surface area contributed by atoms with E-state index in [1.165, 1.54) is 24.1 Å². The van der Waals surface area contributed by atoms with Crippen LogP contribution in [0.3, 0.4) is 0 Å². The highest BCUT2D eigenvalue weighted by molar-refractivity contribution is 7.80. The number of ether oxygens (including phenoxy) is 4. The zero-order valence-corrected chi connectivity index (χ0v) is 19.8. The summed E-state index contributed by atoms with van der Waals surface area (Å²) in [6.45, 7) is 1.78. The summed E-state index contributed by atoms with van der Waals surface area (Å²) >= 11 is 5.48. The molecule has 1 saturated heterocycles. The Hall–Kier alpha value is -3.60. The monoisotopic (exact) mass is 496 g/mol. The van der Waals surface area contributed by atoms with E-state index >= 15 is 0 Å². The molecular formula is C25H24N2O7S. The fourth-order valence-corrected chi connectivity index (χ4v) is 4.39. The van der Waals surface area contributed by atoms with Crippen LogP contribution in [0, 0.1) is 0 Å². The number of esters is 1. The number of carboxylic acid groups (broad SMARTS) is 1. The second kappa shape index (κ2) is 10.8. The number of methoxy groups -OCH3 is 1. The molecule has 3 aromatic rings. The number of nitrogens with zero attached hydrogens (tertiary/aromatic N) is 2. The second-order valence-corrected chi connectivity index (χ2v) is 8.27. The average molecular weight is 497 g/mol. The van der Waals surface area contributed by atoms with E-state index in [4.69, 9.17) is 31.2 Å². The Morgan fingerprint density at radius 1 is 1.06 bits per heavy atom. The topological polar surface area (TPSA) is 109 Å². The summed E-state index contributed by atoms with van der Waals surface area (Å²) in [5.74, 6) is -2.37. The number of aromatic nitrogens is 2. The highest BCUT2D eigenvalue weighted by Crippen LogP contribution is 2.39. The van der Waals surface area contributed by atoms with Crippen LogP contribution in [0.5, 0.6) is 0 Å². The molecule has 182 valence electrons. The maximum atomic E-state index is 13.0. The quantitative estimate of drug-likeness (QED) is 0.405. The van der Waals surface area contributed by atoms with Gasteiger partial charge in [-0.1, -0.05) is 36.4 Å². The van der Waals surface area contributed by atoms with Crippen LogP contribution in [-0.2, 0) is 18.9 Å². The minimum absolute atomic E-state index is 0.0509. The summed E-state index contributed by atoms with van der Waals surface area (Å²) in [4.78, 5) is 29.0. The molecule has 0 spiro atoms. The summed E-state index contributed by atoms with van der Waals surface area (Å²) in [5.41, 5.74) is 0.875. The highest BCUT2D eigenvalue weighted by atomic mass is 32.1. The largest absolute Gasteiger partial charge is 0.478 e. The number of carbonyl (C=O) groups excluding carboxylic acids is 1. The Morgan fingerprint density at radius 2 is 1.77 bits per heavy atom. The molecule has 2 aromatic carbocycles. The Bertz CT molecular complexity index is 1190. The van der Waals surface area contributed by atoms with Crippen LogP contribution in [0.15, 0.2) is 73.3 Å². The van der Waals surface area contributed by atoms with Gasteiger partial charge >= 0.3 is 11.9 Å². The van der Waals surface area contributed by atoms with Crippen molar-refractivity contribution >= 4 is 29.3 Å². The lowest BCUT2D eigenvalue weighted by molar-refractivity contribution is -0.259. The van der Waals surface area contributed by atoms with Crippen molar-refractivity contribution in [2.24, 2.45) is 0 Å². The molecule has 0 bridgehead atoms. The predicted molar refractivity (Wildman–Crippen MR) is 128 cm³/mol. The van der Waals surface area contributed by atoms with Crippen molar-refractivity contribution in [3.8, 4) is 0 Å². The molecule has 1 aromatic heterocycles. The smallest absolute Gasteiger partial charge is 0.338 e. The molecule has 1 aliphatic heterocycles. The molecule has 10 heteroatoms. The van der Waals surface area contributed by atoms with E-state index in [0.29, 0.717) is 11.1 Å². The van der Waals surface area contributed by atoms with Crippen molar-refractivity contribution < 1.29 is 33.6 Å². The van der Waals surface area contributed by atoms with Crippen LogP contribution in [0.4, 0.5) is 0 Å². The number of carboxylic acids is 1. The molecule has 1 fully saturated rings. The molecule has 0 radical (unpaired) electrons.